The number of hydrogen-bond acceptors (Lipinski definition) is 5. The number of aromatic nitrogens is 1. The van der Waals surface area contributed by atoms with E-state index in [0.717, 1.165) is 11.6 Å². The Hall–Kier alpha value is -3.01. The Morgan fingerprint density at radius 2 is 1.82 bits per heavy atom. The molecule has 0 bridgehead atoms. The van der Waals surface area contributed by atoms with Crippen molar-refractivity contribution in [2.24, 2.45) is 0 Å². The van der Waals surface area contributed by atoms with Crippen molar-refractivity contribution in [2.45, 2.75) is 19.0 Å². The molecular formula is C18H15F3N2O4S. The maximum absolute atomic E-state index is 12.5. The average Bonchev–Trinajstić information content (AvgIpc) is 3.00. The minimum Gasteiger partial charge on any atom is -0.487 e. The van der Waals surface area contributed by atoms with E-state index in [0.29, 0.717) is 17.3 Å². The van der Waals surface area contributed by atoms with Crippen molar-refractivity contribution in [1.82, 2.24) is 4.98 Å². The van der Waals surface area contributed by atoms with E-state index in [-0.39, 0.29) is 18.0 Å². The lowest BCUT2D eigenvalue weighted by molar-refractivity contribution is -0.0429. The molecule has 0 unspecified atom stereocenters. The van der Waals surface area contributed by atoms with Crippen molar-refractivity contribution < 1.29 is 30.7 Å². The maximum atomic E-state index is 12.5. The second kappa shape index (κ2) is 7.55. The van der Waals surface area contributed by atoms with Gasteiger partial charge in [-0.3, -0.25) is 4.72 Å². The van der Waals surface area contributed by atoms with Crippen LogP contribution in [0.5, 0.6) is 5.75 Å². The first-order valence-electron chi connectivity index (χ1n) is 7.99. The van der Waals surface area contributed by atoms with Crippen LogP contribution in [0, 0.1) is 6.92 Å². The van der Waals surface area contributed by atoms with Crippen LogP contribution in [0.4, 0.5) is 18.9 Å². The van der Waals surface area contributed by atoms with E-state index in [1.54, 1.807) is 6.92 Å². The van der Waals surface area contributed by atoms with Gasteiger partial charge in [0.1, 0.15) is 23.8 Å². The van der Waals surface area contributed by atoms with Crippen LogP contribution >= 0.6 is 0 Å². The zero-order chi connectivity index (χ0) is 20.4. The van der Waals surface area contributed by atoms with Crippen LogP contribution in [0.1, 0.15) is 11.5 Å². The van der Waals surface area contributed by atoms with Crippen LogP contribution in [0.2, 0.25) is 0 Å². The largest absolute Gasteiger partial charge is 0.516 e. The highest BCUT2D eigenvalue weighted by Crippen LogP contribution is 2.27. The van der Waals surface area contributed by atoms with Crippen LogP contribution in [0.15, 0.2) is 59.0 Å². The van der Waals surface area contributed by atoms with Gasteiger partial charge in [-0.2, -0.15) is 21.6 Å². The Bertz CT molecular complexity index is 1060. The van der Waals surface area contributed by atoms with Gasteiger partial charge in [0.25, 0.3) is 0 Å². The topological polar surface area (TPSA) is 81.4 Å². The van der Waals surface area contributed by atoms with E-state index in [4.69, 9.17) is 9.15 Å². The van der Waals surface area contributed by atoms with E-state index in [9.17, 15) is 21.6 Å². The molecule has 0 saturated heterocycles. The summed E-state index contributed by atoms with van der Waals surface area (Å²) in [5, 5.41) is 0. The normalized spacial score (nSPS) is 12.0. The molecule has 0 fully saturated rings. The Morgan fingerprint density at radius 3 is 2.50 bits per heavy atom. The van der Waals surface area contributed by atoms with Gasteiger partial charge in [-0.1, -0.05) is 24.3 Å². The summed E-state index contributed by atoms with van der Waals surface area (Å²) in [4.78, 5) is 4.36. The highest BCUT2D eigenvalue weighted by Gasteiger charge is 2.46. The van der Waals surface area contributed by atoms with Crippen LogP contribution in [0.3, 0.4) is 0 Å². The van der Waals surface area contributed by atoms with Gasteiger partial charge in [0, 0.05) is 11.6 Å². The minimum atomic E-state index is -5.50. The van der Waals surface area contributed by atoms with Crippen molar-refractivity contribution in [2.75, 3.05) is 4.72 Å². The number of ether oxygens (including phenoxy) is 1. The monoisotopic (exact) mass is 412 g/mol. The van der Waals surface area contributed by atoms with Crippen molar-refractivity contribution in [3.8, 4) is 17.2 Å². The van der Waals surface area contributed by atoms with Gasteiger partial charge in [-0.05, 0) is 31.2 Å². The van der Waals surface area contributed by atoms with E-state index in [1.807, 2.05) is 30.3 Å². The molecule has 3 rings (SSSR count). The summed E-state index contributed by atoms with van der Waals surface area (Å²) in [6.45, 7) is 1.71. The number of nitrogens with one attached hydrogen (secondary N) is 1. The summed E-state index contributed by atoms with van der Waals surface area (Å²) in [6, 6.07) is 14.4. The van der Waals surface area contributed by atoms with Crippen LogP contribution in [0.25, 0.3) is 11.5 Å². The number of sulfonamides is 1. The molecule has 0 aliphatic carbocycles. The summed E-state index contributed by atoms with van der Waals surface area (Å²) in [7, 11) is -5.50. The Kier molecular flexibility index (Phi) is 5.32. The third kappa shape index (κ3) is 4.45. The van der Waals surface area contributed by atoms with Crippen molar-refractivity contribution >= 4 is 15.7 Å². The van der Waals surface area contributed by atoms with Crippen LogP contribution < -0.4 is 9.46 Å². The first-order valence-corrected chi connectivity index (χ1v) is 9.48. The summed E-state index contributed by atoms with van der Waals surface area (Å²) in [5.41, 5.74) is -4.37. The molecule has 0 atom stereocenters. The lowest BCUT2D eigenvalue weighted by Gasteiger charge is -2.11. The number of alkyl halides is 3. The number of halogens is 3. The number of rotatable bonds is 6. The molecule has 0 aliphatic heterocycles. The van der Waals surface area contributed by atoms with E-state index < -0.39 is 15.5 Å². The fourth-order valence-electron chi connectivity index (χ4n) is 2.28. The molecule has 6 nitrogen and oxygen atoms in total. The average molecular weight is 412 g/mol. The maximum Gasteiger partial charge on any atom is 0.516 e. The number of oxazole rings is 1. The van der Waals surface area contributed by atoms with Gasteiger partial charge in [-0.15, -0.1) is 0 Å². The number of hydrogen-bond donors (Lipinski definition) is 1. The predicted molar refractivity (Wildman–Crippen MR) is 96.0 cm³/mol. The lowest BCUT2D eigenvalue weighted by Crippen LogP contribution is -2.29. The van der Waals surface area contributed by atoms with Crippen molar-refractivity contribution in [3.63, 3.8) is 0 Å². The molecule has 0 radical (unpaired) electrons. The van der Waals surface area contributed by atoms with Gasteiger partial charge in [-0.25, -0.2) is 4.98 Å². The quantitative estimate of drug-likeness (QED) is 0.645. The van der Waals surface area contributed by atoms with Gasteiger partial charge < -0.3 is 9.15 Å². The summed E-state index contributed by atoms with van der Waals surface area (Å²) < 4.78 is 72.4. The molecule has 0 spiro atoms. The van der Waals surface area contributed by atoms with Crippen LogP contribution in [-0.2, 0) is 16.6 Å². The molecule has 1 heterocycles. The minimum absolute atomic E-state index is 0.00234. The third-order valence-corrected chi connectivity index (χ3v) is 4.79. The zero-order valence-corrected chi connectivity index (χ0v) is 15.3. The SMILES string of the molecule is Cc1oc(-c2ccccc2)nc1COc1cccc(NS(=O)(=O)C(F)(F)F)c1. The van der Waals surface area contributed by atoms with E-state index >= 15 is 0 Å². The van der Waals surface area contributed by atoms with Gasteiger partial charge in [0.15, 0.2) is 0 Å². The lowest BCUT2D eigenvalue weighted by atomic mass is 10.2. The molecule has 10 heteroatoms. The van der Waals surface area contributed by atoms with E-state index in [1.165, 1.54) is 22.9 Å². The molecule has 0 saturated carbocycles. The summed E-state index contributed by atoms with van der Waals surface area (Å²) in [5.74, 6) is 1.13. The fraction of sp³-hybridized carbons (Fsp3) is 0.167. The predicted octanol–water partition coefficient (Wildman–Crippen LogP) is 4.49. The summed E-state index contributed by atoms with van der Waals surface area (Å²) >= 11 is 0. The second-order valence-electron chi connectivity index (χ2n) is 5.76. The number of anilines is 1. The second-order valence-corrected chi connectivity index (χ2v) is 7.43. The molecule has 0 aliphatic rings. The molecule has 1 N–H and O–H groups in total. The standard InChI is InChI=1S/C18H15F3N2O4S/c1-12-16(22-17(27-12)13-6-3-2-4-7-13)11-26-15-9-5-8-14(10-15)23-28(24,25)18(19,20)21/h2-10,23H,11H2,1H3. The summed E-state index contributed by atoms with van der Waals surface area (Å²) in [6.07, 6.45) is 0. The number of benzene rings is 2. The molecule has 28 heavy (non-hydrogen) atoms. The van der Waals surface area contributed by atoms with Crippen molar-refractivity contribution in [1.29, 1.82) is 0 Å². The van der Waals surface area contributed by atoms with Crippen molar-refractivity contribution in [3.05, 3.63) is 66.1 Å². The zero-order valence-electron chi connectivity index (χ0n) is 14.5. The molecule has 2 aromatic carbocycles. The first-order chi connectivity index (χ1) is 13.2. The Morgan fingerprint density at radius 1 is 1.11 bits per heavy atom. The van der Waals surface area contributed by atoms with Gasteiger partial charge in [0.2, 0.25) is 5.89 Å². The molecule has 148 valence electrons. The third-order valence-electron chi connectivity index (χ3n) is 3.68. The molecule has 0 amide bonds. The number of nitrogens with zero attached hydrogens (tertiary/aromatic N) is 1. The Balaban J connectivity index is 1.71. The first kappa shape index (κ1) is 19.7. The molecule has 1 aromatic heterocycles. The van der Waals surface area contributed by atoms with Gasteiger partial charge in [0.05, 0.1) is 5.69 Å². The molecule has 3 aromatic rings. The highest BCUT2D eigenvalue weighted by molar-refractivity contribution is 7.93. The Labute approximate surface area is 159 Å². The fourth-order valence-corrected chi connectivity index (χ4v) is 2.83. The van der Waals surface area contributed by atoms with Gasteiger partial charge >= 0.3 is 15.5 Å². The smallest absolute Gasteiger partial charge is 0.487 e. The van der Waals surface area contributed by atoms with Crippen LogP contribution in [-0.4, -0.2) is 18.9 Å². The number of aryl methyl sites for hydroxylation is 1. The molecular weight excluding hydrogens is 397 g/mol. The highest BCUT2D eigenvalue weighted by atomic mass is 32.2. The van der Waals surface area contributed by atoms with E-state index in [2.05, 4.69) is 4.98 Å².